The van der Waals surface area contributed by atoms with Crippen molar-refractivity contribution in [2.24, 2.45) is 0 Å². The average molecular weight is 590 g/mol. The number of aliphatic hydroxyl groups excluding tert-OH is 1. The van der Waals surface area contributed by atoms with Gasteiger partial charge in [0.05, 0.1) is 11.6 Å². The van der Waals surface area contributed by atoms with Crippen LogP contribution in [0.5, 0.6) is 23.0 Å². The summed E-state index contributed by atoms with van der Waals surface area (Å²) in [6.45, 7) is 2.63. The van der Waals surface area contributed by atoms with E-state index < -0.39 is 6.10 Å². The highest BCUT2D eigenvalue weighted by Crippen LogP contribution is 2.38. The van der Waals surface area contributed by atoms with Crippen LogP contribution in [0.15, 0.2) is 65.3 Å². The molecule has 1 atom stereocenters. The van der Waals surface area contributed by atoms with Crippen molar-refractivity contribution < 1.29 is 24.1 Å². The summed E-state index contributed by atoms with van der Waals surface area (Å²) in [5.74, 6) is 2.48. The Morgan fingerprint density at radius 3 is 2.73 bits per heavy atom. The summed E-state index contributed by atoms with van der Waals surface area (Å²) in [5, 5.41) is 15.5. The molecule has 4 aromatic rings. The molecule has 1 aromatic heterocycles. The first-order valence-electron chi connectivity index (χ1n) is 11.9. The third-order valence-corrected chi connectivity index (χ3v) is 6.79. The van der Waals surface area contributed by atoms with Gasteiger partial charge in [-0.3, -0.25) is 0 Å². The van der Waals surface area contributed by atoms with Gasteiger partial charge >= 0.3 is 0 Å². The molecule has 0 saturated carbocycles. The van der Waals surface area contributed by atoms with Crippen molar-refractivity contribution in [1.82, 2.24) is 10.3 Å². The Bertz CT molecular complexity index is 1350. The molecule has 1 aliphatic heterocycles. The maximum absolute atomic E-state index is 10.7. The van der Waals surface area contributed by atoms with Gasteiger partial charge in [-0.25, -0.2) is 0 Å². The standard InChI is InChI=1S/C28H29BrN2O5.ClH/c1-33-27-13-18(15-30-9-8-20-16-31-23-5-3-2-4-21(20)23)12-22(29)28(27)36-17-24(32)19-6-7-25-26(14-19)35-11-10-34-25;/h2-7,12-14,16,24,30-32H,8-11,15,17H2,1H3;1H. The van der Waals surface area contributed by atoms with E-state index in [2.05, 4.69) is 50.6 Å². The SMILES string of the molecule is COc1cc(CNCCc2c[nH]c3ccccc23)cc(Br)c1OCC(O)c1ccc2c(c1)OCCO2.Cl. The number of aromatic nitrogens is 1. The molecule has 3 N–H and O–H groups in total. The predicted molar refractivity (Wildman–Crippen MR) is 150 cm³/mol. The number of benzene rings is 3. The number of para-hydroxylation sites is 1. The monoisotopic (exact) mass is 588 g/mol. The lowest BCUT2D eigenvalue weighted by Gasteiger charge is -2.21. The lowest BCUT2D eigenvalue weighted by molar-refractivity contribution is 0.105. The first kappa shape index (κ1) is 27.1. The zero-order chi connectivity index (χ0) is 24.9. The van der Waals surface area contributed by atoms with Gasteiger partial charge in [0.25, 0.3) is 0 Å². The molecule has 1 unspecified atom stereocenters. The highest BCUT2D eigenvalue weighted by molar-refractivity contribution is 9.10. The van der Waals surface area contributed by atoms with E-state index in [1.54, 1.807) is 13.2 Å². The molecule has 9 heteroatoms. The van der Waals surface area contributed by atoms with Crippen LogP contribution >= 0.6 is 28.3 Å². The fourth-order valence-electron chi connectivity index (χ4n) is 4.34. The molecule has 0 fully saturated rings. The zero-order valence-corrected chi connectivity index (χ0v) is 22.9. The molecule has 196 valence electrons. The van der Waals surface area contributed by atoms with Crippen molar-refractivity contribution >= 4 is 39.2 Å². The molecule has 1 aliphatic rings. The van der Waals surface area contributed by atoms with Crippen LogP contribution in [0.3, 0.4) is 0 Å². The summed E-state index contributed by atoms with van der Waals surface area (Å²) in [6, 6.07) is 17.7. The van der Waals surface area contributed by atoms with Crippen molar-refractivity contribution in [2.75, 3.05) is 33.5 Å². The molecule has 0 bridgehead atoms. The third-order valence-electron chi connectivity index (χ3n) is 6.20. The predicted octanol–water partition coefficient (Wildman–Crippen LogP) is 5.58. The van der Waals surface area contributed by atoms with Crippen LogP contribution in [0.25, 0.3) is 10.9 Å². The molecule has 0 spiro atoms. The van der Waals surface area contributed by atoms with Crippen LogP contribution in [-0.4, -0.2) is 43.6 Å². The van der Waals surface area contributed by atoms with Gasteiger partial charge < -0.3 is 34.4 Å². The van der Waals surface area contributed by atoms with Crippen molar-refractivity contribution in [3.63, 3.8) is 0 Å². The fourth-order valence-corrected chi connectivity index (χ4v) is 4.94. The number of halogens is 2. The molecular weight excluding hydrogens is 560 g/mol. The van der Waals surface area contributed by atoms with Gasteiger partial charge in [0.2, 0.25) is 0 Å². The Kier molecular flexibility index (Phi) is 9.21. The van der Waals surface area contributed by atoms with Gasteiger partial charge in [0.1, 0.15) is 25.9 Å². The van der Waals surface area contributed by atoms with Gasteiger partial charge in [-0.05, 0) is 75.9 Å². The summed E-state index contributed by atoms with van der Waals surface area (Å²) in [5.41, 5.74) is 4.23. The number of H-pyrrole nitrogens is 1. The van der Waals surface area contributed by atoms with Gasteiger partial charge in [0.15, 0.2) is 23.0 Å². The Hall–Kier alpha value is -2.91. The highest BCUT2D eigenvalue weighted by atomic mass is 79.9. The molecule has 7 nitrogen and oxygen atoms in total. The number of nitrogens with one attached hydrogen (secondary N) is 2. The molecule has 0 saturated heterocycles. The number of fused-ring (bicyclic) bond motifs is 2. The molecule has 0 aliphatic carbocycles. The van der Waals surface area contributed by atoms with Gasteiger partial charge in [-0.2, -0.15) is 0 Å². The number of hydrogen-bond donors (Lipinski definition) is 3. The van der Waals surface area contributed by atoms with Crippen LogP contribution in [0, 0.1) is 0 Å². The second-order valence-corrected chi connectivity index (χ2v) is 9.48. The summed E-state index contributed by atoms with van der Waals surface area (Å²) < 4.78 is 23.5. The van der Waals surface area contributed by atoms with E-state index in [4.69, 9.17) is 18.9 Å². The van der Waals surface area contributed by atoms with Gasteiger partial charge in [0, 0.05) is 23.6 Å². The molecule has 37 heavy (non-hydrogen) atoms. The van der Waals surface area contributed by atoms with Gasteiger partial charge in [-0.1, -0.05) is 24.3 Å². The maximum Gasteiger partial charge on any atom is 0.175 e. The van der Waals surface area contributed by atoms with Gasteiger partial charge in [-0.15, -0.1) is 12.4 Å². The van der Waals surface area contributed by atoms with Crippen LogP contribution < -0.4 is 24.3 Å². The Labute approximate surface area is 230 Å². The van der Waals surface area contributed by atoms with E-state index in [-0.39, 0.29) is 19.0 Å². The van der Waals surface area contributed by atoms with E-state index in [0.29, 0.717) is 48.3 Å². The second kappa shape index (κ2) is 12.6. The van der Waals surface area contributed by atoms with E-state index in [9.17, 15) is 5.11 Å². The number of methoxy groups -OCH3 is 1. The largest absolute Gasteiger partial charge is 0.493 e. The fraction of sp³-hybridized carbons (Fsp3) is 0.286. The normalized spacial score (nSPS) is 13.2. The molecule has 3 aromatic carbocycles. The lowest BCUT2D eigenvalue weighted by Crippen LogP contribution is -2.17. The number of hydrogen-bond acceptors (Lipinski definition) is 6. The van der Waals surface area contributed by atoms with Crippen molar-refractivity contribution in [1.29, 1.82) is 0 Å². The maximum atomic E-state index is 10.7. The van der Waals surface area contributed by atoms with E-state index >= 15 is 0 Å². The number of aliphatic hydroxyl groups is 1. The van der Waals surface area contributed by atoms with Crippen LogP contribution in [0.2, 0.25) is 0 Å². The topological polar surface area (TPSA) is 85.0 Å². The minimum Gasteiger partial charge on any atom is -0.493 e. The van der Waals surface area contributed by atoms with Crippen LogP contribution in [-0.2, 0) is 13.0 Å². The number of aromatic amines is 1. The Balaban J connectivity index is 0.00000320. The molecule has 0 radical (unpaired) electrons. The van der Waals surface area contributed by atoms with Crippen molar-refractivity contribution in [3.8, 4) is 23.0 Å². The minimum absolute atomic E-state index is 0. The van der Waals surface area contributed by atoms with Crippen LogP contribution in [0.1, 0.15) is 22.8 Å². The summed E-state index contributed by atoms with van der Waals surface area (Å²) in [7, 11) is 1.61. The summed E-state index contributed by atoms with van der Waals surface area (Å²) >= 11 is 3.61. The summed E-state index contributed by atoms with van der Waals surface area (Å²) in [6.07, 6.45) is 2.18. The van der Waals surface area contributed by atoms with E-state index in [1.807, 2.05) is 30.3 Å². The molecule has 2 heterocycles. The summed E-state index contributed by atoms with van der Waals surface area (Å²) in [4.78, 5) is 3.33. The smallest absolute Gasteiger partial charge is 0.175 e. The average Bonchev–Trinajstić information content (AvgIpc) is 3.32. The Morgan fingerprint density at radius 2 is 1.89 bits per heavy atom. The van der Waals surface area contributed by atoms with Crippen molar-refractivity contribution in [2.45, 2.75) is 19.1 Å². The zero-order valence-electron chi connectivity index (χ0n) is 20.5. The second-order valence-electron chi connectivity index (χ2n) is 8.63. The highest BCUT2D eigenvalue weighted by Gasteiger charge is 2.18. The first-order valence-corrected chi connectivity index (χ1v) is 12.7. The van der Waals surface area contributed by atoms with Crippen LogP contribution in [0.4, 0.5) is 0 Å². The van der Waals surface area contributed by atoms with E-state index in [0.717, 1.165) is 28.5 Å². The number of ether oxygens (including phenoxy) is 4. The quantitative estimate of drug-likeness (QED) is 0.210. The third kappa shape index (κ3) is 6.33. The Morgan fingerprint density at radius 1 is 1.08 bits per heavy atom. The van der Waals surface area contributed by atoms with Crippen molar-refractivity contribution in [3.05, 3.63) is 82.0 Å². The minimum atomic E-state index is -0.830. The molecular formula is C28H30BrClN2O5. The molecule has 0 amide bonds. The molecule has 5 rings (SSSR count). The number of rotatable bonds is 10. The first-order chi connectivity index (χ1) is 17.6. The lowest BCUT2D eigenvalue weighted by atomic mass is 10.1. The van der Waals surface area contributed by atoms with E-state index in [1.165, 1.54) is 10.9 Å².